The van der Waals surface area contributed by atoms with Crippen LogP contribution in [0.25, 0.3) is 0 Å². The number of nitrogen functional groups attached to an aromatic ring is 1. The quantitative estimate of drug-likeness (QED) is 0.716. The predicted molar refractivity (Wildman–Crippen MR) is 79.8 cm³/mol. The van der Waals surface area contributed by atoms with Gasteiger partial charge in [-0.05, 0) is 18.9 Å². The first kappa shape index (κ1) is 16.3. The van der Waals surface area contributed by atoms with E-state index >= 15 is 0 Å². The minimum Gasteiger partial charge on any atom is -0.478 e. The van der Waals surface area contributed by atoms with Crippen LogP contribution in [0.2, 0.25) is 0 Å². The molecule has 3 N–H and O–H groups in total. The van der Waals surface area contributed by atoms with Crippen molar-refractivity contribution in [3.63, 3.8) is 0 Å². The molecule has 0 saturated heterocycles. The molecule has 4 nitrogen and oxygen atoms in total. The van der Waals surface area contributed by atoms with Crippen LogP contribution in [0.3, 0.4) is 0 Å². The summed E-state index contributed by atoms with van der Waals surface area (Å²) >= 11 is 0. The van der Waals surface area contributed by atoms with Gasteiger partial charge in [-0.1, -0.05) is 26.7 Å². The van der Waals surface area contributed by atoms with Crippen molar-refractivity contribution < 1.29 is 14.3 Å². The number of benzene rings is 1. The maximum atomic E-state index is 13.8. The van der Waals surface area contributed by atoms with E-state index in [9.17, 15) is 9.18 Å². The van der Waals surface area contributed by atoms with Crippen molar-refractivity contribution in [3.05, 3.63) is 23.5 Å². The summed E-state index contributed by atoms with van der Waals surface area (Å²) < 4.78 is 13.8. The topological polar surface area (TPSA) is 66.6 Å². The summed E-state index contributed by atoms with van der Waals surface area (Å²) in [4.78, 5) is 12.9. The van der Waals surface area contributed by atoms with Crippen molar-refractivity contribution in [2.24, 2.45) is 0 Å². The molecule has 0 aliphatic heterocycles. The van der Waals surface area contributed by atoms with E-state index in [1.807, 2.05) is 4.90 Å². The van der Waals surface area contributed by atoms with Gasteiger partial charge in [0.15, 0.2) is 0 Å². The maximum absolute atomic E-state index is 13.8. The monoisotopic (exact) mass is 282 g/mol. The Balaban J connectivity index is 3.05. The molecule has 0 fully saturated rings. The van der Waals surface area contributed by atoms with E-state index in [1.54, 1.807) is 0 Å². The number of carbonyl (C=O) groups is 1. The summed E-state index contributed by atoms with van der Waals surface area (Å²) in [6.45, 7) is 5.78. The number of anilines is 2. The average Bonchev–Trinajstić information content (AvgIpc) is 2.41. The molecule has 0 atom stereocenters. The smallest absolute Gasteiger partial charge is 0.338 e. The minimum absolute atomic E-state index is 0.316. The Kier molecular flexibility index (Phi) is 6.28. The Bertz CT molecular complexity index is 455. The van der Waals surface area contributed by atoms with Gasteiger partial charge < -0.3 is 15.7 Å². The molecule has 0 heterocycles. The molecule has 0 amide bonds. The fourth-order valence-electron chi connectivity index (χ4n) is 2.07. The number of aromatic carboxylic acids is 1. The zero-order chi connectivity index (χ0) is 15.1. The zero-order valence-electron chi connectivity index (χ0n) is 12.2. The van der Waals surface area contributed by atoms with Gasteiger partial charge in [-0.2, -0.15) is 0 Å². The Morgan fingerprint density at radius 1 is 1.25 bits per heavy atom. The largest absolute Gasteiger partial charge is 0.478 e. The first-order valence-corrected chi connectivity index (χ1v) is 7.08. The highest BCUT2D eigenvalue weighted by molar-refractivity contribution is 5.90. The van der Waals surface area contributed by atoms with E-state index in [4.69, 9.17) is 10.8 Å². The minimum atomic E-state index is -1.30. The lowest BCUT2D eigenvalue weighted by Gasteiger charge is -2.26. The standard InChI is InChI=1S/C15H23FN2O2/c1-3-5-7-18(8-6-4-2)14-10-12(16)11(15(19)20)9-13(14)17/h9-10H,3-8,17H2,1-2H3,(H,19,20). The van der Waals surface area contributed by atoms with Crippen LogP contribution in [0.15, 0.2) is 12.1 Å². The summed E-state index contributed by atoms with van der Waals surface area (Å²) in [5.74, 6) is -2.03. The molecule has 0 unspecified atom stereocenters. The maximum Gasteiger partial charge on any atom is 0.338 e. The van der Waals surface area contributed by atoms with E-state index < -0.39 is 11.8 Å². The highest BCUT2D eigenvalue weighted by atomic mass is 19.1. The number of carboxylic acid groups (broad SMARTS) is 1. The summed E-state index contributed by atoms with van der Waals surface area (Å²) in [7, 11) is 0. The molecule has 5 heteroatoms. The second-order valence-electron chi connectivity index (χ2n) is 4.89. The van der Waals surface area contributed by atoms with E-state index in [0.29, 0.717) is 11.4 Å². The van der Waals surface area contributed by atoms with Gasteiger partial charge in [0.2, 0.25) is 0 Å². The number of rotatable bonds is 8. The van der Waals surface area contributed by atoms with Crippen molar-refractivity contribution in [3.8, 4) is 0 Å². The van der Waals surface area contributed by atoms with Crippen LogP contribution < -0.4 is 10.6 Å². The second kappa shape index (κ2) is 7.72. The van der Waals surface area contributed by atoms with Crippen molar-refractivity contribution in [1.82, 2.24) is 0 Å². The molecule has 112 valence electrons. The fraction of sp³-hybridized carbons (Fsp3) is 0.533. The van der Waals surface area contributed by atoms with Crippen LogP contribution in [0.5, 0.6) is 0 Å². The molecule has 1 aromatic rings. The van der Waals surface area contributed by atoms with Crippen molar-refractivity contribution in [2.45, 2.75) is 39.5 Å². The Morgan fingerprint density at radius 3 is 2.25 bits per heavy atom. The molecule has 20 heavy (non-hydrogen) atoms. The van der Waals surface area contributed by atoms with Gasteiger partial charge in [0, 0.05) is 19.2 Å². The van der Waals surface area contributed by atoms with Crippen LogP contribution >= 0.6 is 0 Å². The molecule has 0 spiro atoms. The average molecular weight is 282 g/mol. The number of nitrogens with two attached hydrogens (primary N) is 1. The van der Waals surface area contributed by atoms with E-state index in [0.717, 1.165) is 38.8 Å². The van der Waals surface area contributed by atoms with E-state index in [2.05, 4.69) is 13.8 Å². The van der Waals surface area contributed by atoms with E-state index in [1.165, 1.54) is 12.1 Å². The summed E-state index contributed by atoms with van der Waals surface area (Å²) in [6, 6.07) is 2.45. The lowest BCUT2D eigenvalue weighted by molar-refractivity contribution is 0.0692. The van der Waals surface area contributed by atoms with Gasteiger partial charge in [0.1, 0.15) is 5.82 Å². The van der Waals surface area contributed by atoms with Crippen LogP contribution in [0, 0.1) is 5.82 Å². The Labute approximate surface area is 119 Å². The Morgan fingerprint density at radius 2 is 1.80 bits per heavy atom. The SMILES string of the molecule is CCCCN(CCCC)c1cc(F)c(C(=O)O)cc1N. The third-order valence-corrected chi connectivity index (χ3v) is 3.25. The van der Waals surface area contributed by atoms with Crippen molar-refractivity contribution in [2.75, 3.05) is 23.7 Å². The highest BCUT2D eigenvalue weighted by Crippen LogP contribution is 2.27. The van der Waals surface area contributed by atoms with Gasteiger partial charge in [-0.25, -0.2) is 9.18 Å². The molecular weight excluding hydrogens is 259 g/mol. The summed E-state index contributed by atoms with van der Waals surface area (Å²) in [5, 5.41) is 8.89. The molecule has 0 aliphatic carbocycles. The van der Waals surface area contributed by atoms with Crippen LogP contribution in [0.4, 0.5) is 15.8 Å². The molecular formula is C15H23FN2O2. The normalized spacial score (nSPS) is 10.6. The number of carboxylic acids is 1. The number of hydrogen-bond donors (Lipinski definition) is 2. The second-order valence-corrected chi connectivity index (χ2v) is 4.89. The number of nitrogens with zero attached hydrogens (tertiary/aromatic N) is 1. The number of hydrogen-bond acceptors (Lipinski definition) is 3. The third kappa shape index (κ3) is 4.11. The number of halogens is 1. The lowest BCUT2D eigenvalue weighted by atomic mass is 10.1. The van der Waals surface area contributed by atoms with Gasteiger partial charge in [0.05, 0.1) is 16.9 Å². The van der Waals surface area contributed by atoms with Gasteiger partial charge in [-0.15, -0.1) is 0 Å². The molecule has 0 saturated carbocycles. The van der Waals surface area contributed by atoms with Gasteiger partial charge in [-0.3, -0.25) is 0 Å². The molecule has 0 aliphatic rings. The first-order valence-electron chi connectivity index (χ1n) is 7.08. The predicted octanol–water partition coefficient (Wildman–Crippen LogP) is 3.51. The summed E-state index contributed by atoms with van der Waals surface area (Å²) in [6.07, 6.45) is 4.06. The molecule has 1 rings (SSSR count). The van der Waals surface area contributed by atoms with Crippen molar-refractivity contribution >= 4 is 17.3 Å². The number of unbranched alkanes of at least 4 members (excludes halogenated alkanes) is 2. The van der Waals surface area contributed by atoms with Crippen LogP contribution in [-0.2, 0) is 0 Å². The fourth-order valence-corrected chi connectivity index (χ4v) is 2.07. The molecule has 1 aromatic carbocycles. The third-order valence-electron chi connectivity index (χ3n) is 3.25. The van der Waals surface area contributed by atoms with Crippen LogP contribution in [0.1, 0.15) is 49.9 Å². The van der Waals surface area contributed by atoms with Crippen LogP contribution in [-0.4, -0.2) is 24.2 Å². The lowest BCUT2D eigenvalue weighted by Crippen LogP contribution is -2.27. The van der Waals surface area contributed by atoms with Crippen molar-refractivity contribution in [1.29, 1.82) is 0 Å². The first-order chi connectivity index (χ1) is 9.51. The Hall–Kier alpha value is -1.78. The molecule has 0 bridgehead atoms. The van der Waals surface area contributed by atoms with Gasteiger partial charge >= 0.3 is 5.97 Å². The van der Waals surface area contributed by atoms with E-state index in [-0.39, 0.29) is 5.56 Å². The molecule has 0 aromatic heterocycles. The summed E-state index contributed by atoms with van der Waals surface area (Å²) in [5.41, 5.74) is 6.43. The highest BCUT2D eigenvalue weighted by Gasteiger charge is 2.17. The zero-order valence-corrected chi connectivity index (χ0v) is 12.2. The van der Waals surface area contributed by atoms with Gasteiger partial charge in [0.25, 0.3) is 0 Å². The molecule has 0 radical (unpaired) electrons.